The first-order valence-corrected chi connectivity index (χ1v) is 10.3. The quantitative estimate of drug-likeness (QED) is 0.304. The van der Waals surface area contributed by atoms with Crippen LogP contribution in [0.4, 0.5) is 0 Å². The van der Waals surface area contributed by atoms with Crippen molar-refractivity contribution in [3.63, 3.8) is 0 Å². The van der Waals surface area contributed by atoms with Gasteiger partial charge < -0.3 is 19.9 Å². The lowest BCUT2D eigenvalue weighted by Crippen LogP contribution is -2.51. The van der Waals surface area contributed by atoms with Crippen molar-refractivity contribution in [2.75, 3.05) is 39.4 Å². The molecule has 1 fully saturated rings. The largest absolute Gasteiger partial charge is 0.379 e. The number of hydrogen-bond donors (Lipinski definition) is 2. The third-order valence-electron chi connectivity index (χ3n) is 4.72. The van der Waals surface area contributed by atoms with Gasteiger partial charge in [-0.2, -0.15) is 0 Å². The first-order chi connectivity index (χ1) is 13.0. The Hall–Kier alpha value is -0.870. The Morgan fingerprint density at radius 3 is 2.50 bits per heavy atom. The Morgan fingerprint density at radius 1 is 1.21 bits per heavy atom. The molecule has 0 aliphatic carbocycles. The zero-order chi connectivity index (χ0) is 19.6. The van der Waals surface area contributed by atoms with E-state index >= 15 is 0 Å². The number of morpholine rings is 1. The zero-order valence-corrected chi connectivity index (χ0v) is 20.4. The molecule has 28 heavy (non-hydrogen) atoms. The van der Waals surface area contributed by atoms with Crippen molar-refractivity contribution in [2.45, 2.75) is 59.5 Å². The Balaban J connectivity index is 0.00000392. The molecule has 1 unspecified atom stereocenters. The summed E-state index contributed by atoms with van der Waals surface area (Å²) in [6.07, 6.45) is 1.16. The van der Waals surface area contributed by atoms with Crippen molar-refractivity contribution >= 4 is 29.9 Å². The smallest absolute Gasteiger partial charge is 0.191 e. The summed E-state index contributed by atoms with van der Waals surface area (Å²) in [5.74, 6) is 2.63. The van der Waals surface area contributed by atoms with Gasteiger partial charge in [0.2, 0.25) is 0 Å². The normalized spacial score (nSPS) is 16.9. The van der Waals surface area contributed by atoms with Crippen LogP contribution in [0.2, 0.25) is 0 Å². The maximum atomic E-state index is 5.51. The van der Waals surface area contributed by atoms with Gasteiger partial charge in [0.1, 0.15) is 6.54 Å². The molecule has 0 radical (unpaired) electrons. The van der Waals surface area contributed by atoms with Crippen molar-refractivity contribution in [1.29, 1.82) is 0 Å². The van der Waals surface area contributed by atoms with E-state index in [1.54, 1.807) is 0 Å². The lowest BCUT2D eigenvalue weighted by Gasteiger charge is -2.35. The zero-order valence-electron chi connectivity index (χ0n) is 18.0. The van der Waals surface area contributed by atoms with E-state index in [2.05, 4.69) is 60.3 Å². The summed E-state index contributed by atoms with van der Waals surface area (Å²) in [5.41, 5.74) is 0.975. The summed E-state index contributed by atoms with van der Waals surface area (Å²) in [6, 6.07) is 2.48. The second kappa shape index (κ2) is 13.4. The van der Waals surface area contributed by atoms with Crippen molar-refractivity contribution in [3.05, 3.63) is 17.5 Å². The van der Waals surface area contributed by atoms with E-state index in [1.807, 2.05) is 6.07 Å². The van der Waals surface area contributed by atoms with Crippen LogP contribution < -0.4 is 10.6 Å². The molecule has 2 N–H and O–H groups in total. The predicted molar refractivity (Wildman–Crippen MR) is 124 cm³/mol. The van der Waals surface area contributed by atoms with E-state index < -0.39 is 0 Å². The molecule has 1 aliphatic rings. The van der Waals surface area contributed by atoms with Gasteiger partial charge in [-0.3, -0.25) is 4.90 Å². The number of guanidine groups is 1. The van der Waals surface area contributed by atoms with E-state index in [4.69, 9.17) is 9.26 Å². The minimum Gasteiger partial charge on any atom is -0.379 e. The molecule has 2 heterocycles. The van der Waals surface area contributed by atoms with Gasteiger partial charge >= 0.3 is 0 Å². The van der Waals surface area contributed by atoms with E-state index in [1.165, 1.54) is 0 Å². The molecule has 162 valence electrons. The number of rotatable bonds is 9. The van der Waals surface area contributed by atoms with Gasteiger partial charge in [-0.25, -0.2) is 4.99 Å². The second-order valence-corrected chi connectivity index (χ2v) is 7.88. The third-order valence-corrected chi connectivity index (χ3v) is 4.72. The van der Waals surface area contributed by atoms with Crippen molar-refractivity contribution in [3.8, 4) is 0 Å². The standard InChI is InChI=1S/C20H37N5O2.HI/c1-6-21-20(23-14-18-12-19(16(4)5)24-27-18)22-13-17(11-15(2)3)25-7-9-26-10-8-25;/h12,15-17H,6-11,13-14H2,1-5H3,(H2,21,22,23);1H. The number of aliphatic imine (C=N–C) groups is 1. The highest BCUT2D eigenvalue weighted by molar-refractivity contribution is 14.0. The maximum Gasteiger partial charge on any atom is 0.191 e. The Bertz CT molecular complexity index is 571. The molecular weight excluding hydrogens is 469 g/mol. The number of aromatic nitrogens is 1. The molecule has 0 bridgehead atoms. The Morgan fingerprint density at radius 2 is 1.93 bits per heavy atom. The van der Waals surface area contributed by atoms with Crippen molar-refractivity contribution < 1.29 is 9.26 Å². The highest BCUT2D eigenvalue weighted by Gasteiger charge is 2.22. The second-order valence-electron chi connectivity index (χ2n) is 7.88. The van der Waals surface area contributed by atoms with Gasteiger partial charge in [0.05, 0.1) is 18.9 Å². The molecule has 0 amide bonds. The van der Waals surface area contributed by atoms with Crippen LogP contribution in [0.1, 0.15) is 58.4 Å². The third kappa shape index (κ3) is 8.65. The van der Waals surface area contributed by atoms with Gasteiger partial charge in [0.25, 0.3) is 0 Å². The summed E-state index contributed by atoms with van der Waals surface area (Å²) in [4.78, 5) is 7.20. The van der Waals surface area contributed by atoms with Crippen molar-refractivity contribution in [1.82, 2.24) is 20.7 Å². The molecule has 1 saturated heterocycles. The molecular formula is C20H38IN5O2. The number of hydrogen-bond acceptors (Lipinski definition) is 5. The van der Waals surface area contributed by atoms with Crippen LogP contribution in [0.3, 0.4) is 0 Å². The number of nitrogens with one attached hydrogen (secondary N) is 2. The first kappa shape index (κ1) is 25.2. The molecule has 0 saturated carbocycles. The monoisotopic (exact) mass is 507 g/mol. The number of nitrogens with zero attached hydrogens (tertiary/aromatic N) is 3. The fraction of sp³-hybridized carbons (Fsp3) is 0.800. The summed E-state index contributed by atoms with van der Waals surface area (Å²) in [7, 11) is 0. The van der Waals surface area contributed by atoms with Crippen LogP contribution in [-0.4, -0.2) is 61.5 Å². The molecule has 7 nitrogen and oxygen atoms in total. The summed E-state index contributed by atoms with van der Waals surface area (Å²) >= 11 is 0. The highest BCUT2D eigenvalue weighted by Crippen LogP contribution is 2.15. The van der Waals surface area contributed by atoms with Crippen LogP contribution in [0.15, 0.2) is 15.6 Å². The average molecular weight is 507 g/mol. The summed E-state index contributed by atoms with van der Waals surface area (Å²) < 4.78 is 10.9. The lowest BCUT2D eigenvalue weighted by molar-refractivity contribution is 0.0132. The predicted octanol–water partition coefficient (Wildman–Crippen LogP) is 3.22. The molecule has 8 heteroatoms. The van der Waals surface area contributed by atoms with Crippen LogP contribution >= 0.6 is 24.0 Å². The topological polar surface area (TPSA) is 74.9 Å². The van der Waals surface area contributed by atoms with Crippen molar-refractivity contribution in [2.24, 2.45) is 10.9 Å². The molecule has 2 rings (SSSR count). The number of ether oxygens (including phenoxy) is 1. The maximum absolute atomic E-state index is 5.51. The van der Waals surface area contributed by atoms with Gasteiger partial charge in [0.15, 0.2) is 11.7 Å². The van der Waals surface area contributed by atoms with Crippen LogP contribution in [0.25, 0.3) is 0 Å². The molecule has 1 aromatic rings. The molecule has 1 atom stereocenters. The highest BCUT2D eigenvalue weighted by atomic mass is 127. The number of halogens is 1. The molecule has 0 aromatic carbocycles. The van der Waals surface area contributed by atoms with Gasteiger partial charge in [-0.15, -0.1) is 24.0 Å². The fourth-order valence-corrected chi connectivity index (χ4v) is 3.24. The van der Waals surface area contributed by atoms with Crippen LogP contribution in [0, 0.1) is 5.92 Å². The van der Waals surface area contributed by atoms with Gasteiger partial charge in [-0.05, 0) is 25.2 Å². The Kier molecular flexibility index (Phi) is 12.0. The summed E-state index contributed by atoms with van der Waals surface area (Å²) in [5, 5.41) is 10.9. The van der Waals surface area contributed by atoms with E-state index in [0.717, 1.165) is 63.2 Å². The lowest BCUT2D eigenvalue weighted by atomic mass is 10.0. The van der Waals surface area contributed by atoms with E-state index in [0.29, 0.717) is 24.4 Å². The molecule has 0 spiro atoms. The first-order valence-electron chi connectivity index (χ1n) is 10.3. The average Bonchev–Trinajstić information content (AvgIpc) is 3.12. The fourth-order valence-electron chi connectivity index (χ4n) is 3.24. The Labute approximate surface area is 187 Å². The molecule has 1 aromatic heterocycles. The van der Waals surface area contributed by atoms with Crippen LogP contribution in [-0.2, 0) is 11.3 Å². The SMILES string of the molecule is CCNC(=NCc1cc(C(C)C)no1)NCC(CC(C)C)N1CCOCC1.I. The minimum absolute atomic E-state index is 0. The molecule has 1 aliphatic heterocycles. The van der Waals surface area contributed by atoms with E-state index in [-0.39, 0.29) is 24.0 Å². The summed E-state index contributed by atoms with van der Waals surface area (Å²) in [6.45, 7) is 16.7. The van der Waals surface area contributed by atoms with Gasteiger partial charge in [-0.1, -0.05) is 32.9 Å². The van der Waals surface area contributed by atoms with Crippen LogP contribution in [0.5, 0.6) is 0 Å². The van der Waals surface area contributed by atoms with Gasteiger partial charge in [0, 0.05) is 38.3 Å². The minimum atomic E-state index is 0. The van der Waals surface area contributed by atoms with E-state index in [9.17, 15) is 0 Å².